The van der Waals surface area contributed by atoms with Crippen molar-refractivity contribution in [1.29, 1.82) is 0 Å². The first-order chi connectivity index (χ1) is 11.2. The lowest BCUT2D eigenvalue weighted by molar-refractivity contribution is -0.124. The predicted octanol–water partition coefficient (Wildman–Crippen LogP) is 2.75. The Bertz CT molecular complexity index is 511. The minimum absolute atomic E-state index is 0.0937. The monoisotopic (exact) mass is 316 g/mol. The summed E-state index contributed by atoms with van der Waals surface area (Å²) in [6.07, 6.45) is 3.13. The van der Waals surface area contributed by atoms with Gasteiger partial charge in [-0.1, -0.05) is 30.3 Å². The van der Waals surface area contributed by atoms with Crippen LogP contribution in [0.25, 0.3) is 0 Å². The van der Waals surface area contributed by atoms with Crippen molar-refractivity contribution in [1.82, 2.24) is 10.2 Å². The molecule has 2 fully saturated rings. The number of likely N-dealkylation sites (tertiary alicyclic amines) is 1. The molecule has 0 spiro atoms. The van der Waals surface area contributed by atoms with E-state index < -0.39 is 0 Å². The Morgan fingerprint density at radius 3 is 2.65 bits per heavy atom. The van der Waals surface area contributed by atoms with Crippen molar-refractivity contribution < 1.29 is 9.53 Å². The number of amides is 1. The summed E-state index contributed by atoms with van der Waals surface area (Å²) in [5, 5.41) is 3.22. The summed E-state index contributed by atoms with van der Waals surface area (Å²) in [5.74, 6) is 0.286. The predicted molar refractivity (Wildman–Crippen MR) is 91.1 cm³/mol. The van der Waals surface area contributed by atoms with Crippen LogP contribution in [0.5, 0.6) is 0 Å². The molecule has 1 amide bonds. The van der Waals surface area contributed by atoms with Gasteiger partial charge in [-0.05, 0) is 38.7 Å². The van der Waals surface area contributed by atoms with E-state index in [1.54, 1.807) is 0 Å². The average Bonchev–Trinajstić information content (AvgIpc) is 3.35. The van der Waals surface area contributed by atoms with Crippen LogP contribution in [0, 0.1) is 5.92 Å². The van der Waals surface area contributed by atoms with Gasteiger partial charge >= 0.3 is 0 Å². The smallest absolute Gasteiger partial charge is 0.226 e. The molecule has 0 radical (unpaired) electrons. The molecule has 3 rings (SSSR count). The summed E-state index contributed by atoms with van der Waals surface area (Å²) in [6.45, 7) is 7.04. The van der Waals surface area contributed by atoms with Gasteiger partial charge in [-0.2, -0.15) is 0 Å². The van der Waals surface area contributed by atoms with Gasteiger partial charge in [0.1, 0.15) is 0 Å². The zero-order valence-corrected chi connectivity index (χ0v) is 14.2. The van der Waals surface area contributed by atoms with Crippen LogP contribution in [0.2, 0.25) is 0 Å². The Kier molecular flexibility index (Phi) is 5.34. The van der Waals surface area contributed by atoms with Crippen LogP contribution in [0.3, 0.4) is 0 Å². The van der Waals surface area contributed by atoms with Crippen molar-refractivity contribution in [2.45, 2.75) is 51.3 Å². The summed E-state index contributed by atoms with van der Waals surface area (Å²) in [4.78, 5) is 14.7. The molecule has 1 aromatic rings. The Hall–Kier alpha value is -1.39. The summed E-state index contributed by atoms with van der Waals surface area (Å²) in [7, 11) is 0. The topological polar surface area (TPSA) is 41.6 Å². The first-order valence-electron chi connectivity index (χ1n) is 8.90. The maximum Gasteiger partial charge on any atom is 0.226 e. The lowest BCUT2D eigenvalue weighted by Crippen LogP contribution is -2.45. The van der Waals surface area contributed by atoms with Crippen molar-refractivity contribution in [3.8, 4) is 0 Å². The summed E-state index contributed by atoms with van der Waals surface area (Å²) < 4.78 is 5.50. The summed E-state index contributed by atoms with van der Waals surface area (Å²) in [5.41, 5.74) is 1.37. The highest BCUT2D eigenvalue weighted by molar-refractivity contribution is 5.82. The Morgan fingerprint density at radius 1 is 1.30 bits per heavy atom. The van der Waals surface area contributed by atoms with E-state index in [0.717, 1.165) is 32.4 Å². The SMILES string of the molecule is CCO[C@@H]1C[C@H]1C(=O)NC1CCN([C@@H](C)c2ccccc2)CC1. The third kappa shape index (κ3) is 4.12. The minimum atomic E-state index is 0.0937. The van der Waals surface area contributed by atoms with Crippen LogP contribution in [0.1, 0.15) is 44.7 Å². The highest BCUT2D eigenvalue weighted by atomic mass is 16.5. The second kappa shape index (κ2) is 7.45. The number of carbonyl (C=O) groups is 1. The van der Waals surface area contributed by atoms with Gasteiger partial charge in [-0.15, -0.1) is 0 Å². The molecule has 1 aliphatic carbocycles. The average molecular weight is 316 g/mol. The first-order valence-corrected chi connectivity index (χ1v) is 8.90. The van der Waals surface area contributed by atoms with E-state index in [-0.39, 0.29) is 17.9 Å². The third-order valence-corrected chi connectivity index (χ3v) is 5.16. The van der Waals surface area contributed by atoms with E-state index in [1.807, 2.05) is 6.92 Å². The zero-order chi connectivity index (χ0) is 16.2. The van der Waals surface area contributed by atoms with Crippen LogP contribution in [0.15, 0.2) is 30.3 Å². The normalized spacial score (nSPS) is 26.7. The molecule has 0 bridgehead atoms. The summed E-state index contributed by atoms with van der Waals surface area (Å²) in [6, 6.07) is 11.4. The molecule has 1 heterocycles. The van der Waals surface area contributed by atoms with E-state index >= 15 is 0 Å². The summed E-state index contributed by atoms with van der Waals surface area (Å²) >= 11 is 0. The van der Waals surface area contributed by atoms with Crippen molar-refractivity contribution in [2.75, 3.05) is 19.7 Å². The molecule has 23 heavy (non-hydrogen) atoms. The number of hydrogen-bond donors (Lipinski definition) is 1. The first kappa shape index (κ1) is 16.5. The number of carbonyl (C=O) groups excluding carboxylic acids is 1. The number of hydrogen-bond acceptors (Lipinski definition) is 3. The molecule has 4 nitrogen and oxygen atoms in total. The second-order valence-corrected chi connectivity index (χ2v) is 6.74. The number of benzene rings is 1. The number of piperidine rings is 1. The third-order valence-electron chi connectivity index (χ3n) is 5.16. The standard InChI is InChI=1S/C19H28N2O2/c1-3-23-18-13-17(18)19(22)20-16-9-11-21(12-10-16)14(2)15-7-5-4-6-8-15/h4-8,14,16-18H,3,9-13H2,1-2H3,(H,20,22)/t14-,17+,18+/m0/s1. The molecule has 1 aliphatic heterocycles. The minimum Gasteiger partial charge on any atom is -0.378 e. The maximum atomic E-state index is 12.2. The van der Waals surface area contributed by atoms with Crippen LogP contribution < -0.4 is 5.32 Å². The van der Waals surface area contributed by atoms with Gasteiger partial charge in [0.2, 0.25) is 5.91 Å². The van der Waals surface area contributed by atoms with Crippen LogP contribution in [0.4, 0.5) is 0 Å². The number of rotatable bonds is 6. The van der Waals surface area contributed by atoms with Crippen molar-refractivity contribution in [2.24, 2.45) is 5.92 Å². The van der Waals surface area contributed by atoms with E-state index in [0.29, 0.717) is 18.7 Å². The van der Waals surface area contributed by atoms with Crippen molar-refractivity contribution >= 4 is 5.91 Å². The van der Waals surface area contributed by atoms with Gasteiger partial charge in [-0.25, -0.2) is 0 Å². The highest BCUT2D eigenvalue weighted by Crippen LogP contribution is 2.34. The fourth-order valence-corrected chi connectivity index (χ4v) is 3.53. The van der Waals surface area contributed by atoms with E-state index in [2.05, 4.69) is 47.5 Å². The molecular weight excluding hydrogens is 288 g/mol. The molecule has 1 saturated heterocycles. The molecule has 0 unspecified atom stereocenters. The van der Waals surface area contributed by atoms with Crippen molar-refractivity contribution in [3.63, 3.8) is 0 Å². The second-order valence-electron chi connectivity index (χ2n) is 6.74. The van der Waals surface area contributed by atoms with Crippen LogP contribution >= 0.6 is 0 Å². The lowest BCUT2D eigenvalue weighted by Gasteiger charge is -2.36. The number of nitrogens with zero attached hydrogens (tertiary/aromatic N) is 1. The fraction of sp³-hybridized carbons (Fsp3) is 0.632. The van der Waals surface area contributed by atoms with Gasteiger partial charge in [-0.3, -0.25) is 9.69 Å². The molecule has 3 atom stereocenters. The largest absolute Gasteiger partial charge is 0.378 e. The molecule has 2 aliphatic rings. The van der Waals surface area contributed by atoms with Crippen LogP contribution in [-0.4, -0.2) is 42.6 Å². The van der Waals surface area contributed by atoms with E-state index in [1.165, 1.54) is 5.56 Å². The van der Waals surface area contributed by atoms with E-state index in [4.69, 9.17) is 4.74 Å². The molecular formula is C19H28N2O2. The maximum absolute atomic E-state index is 12.2. The van der Waals surface area contributed by atoms with E-state index in [9.17, 15) is 4.79 Å². The molecule has 1 saturated carbocycles. The molecule has 1 N–H and O–H groups in total. The van der Waals surface area contributed by atoms with Gasteiger partial charge in [0.05, 0.1) is 12.0 Å². The Labute approximate surface area is 139 Å². The highest BCUT2D eigenvalue weighted by Gasteiger charge is 2.44. The van der Waals surface area contributed by atoms with Crippen molar-refractivity contribution in [3.05, 3.63) is 35.9 Å². The molecule has 126 valence electrons. The zero-order valence-electron chi connectivity index (χ0n) is 14.2. The Morgan fingerprint density at radius 2 is 2.00 bits per heavy atom. The number of ether oxygens (including phenoxy) is 1. The number of nitrogens with one attached hydrogen (secondary N) is 1. The van der Waals surface area contributed by atoms with Gasteiger partial charge in [0.15, 0.2) is 0 Å². The molecule has 1 aromatic carbocycles. The van der Waals surface area contributed by atoms with Gasteiger partial charge in [0.25, 0.3) is 0 Å². The quantitative estimate of drug-likeness (QED) is 0.877. The Balaban J connectivity index is 1.43. The van der Waals surface area contributed by atoms with Gasteiger partial charge in [0, 0.05) is 31.8 Å². The van der Waals surface area contributed by atoms with Crippen LogP contribution in [-0.2, 0) is 9.53 Å². The van der Waals surface area contributed by atoms with Gasteiger partial charge < -0.3 is 10.1 Å². The molecule has 4 heteroatoms. The lowest BCUT2D eigenvalue weighted by atomic mass is 10.00. The fourth-order valence-electron chi connectivity index (χ4n) is 3.53. The molecule has 0 aromatic heterocycles.